The number of furan rings is 1. The number of fused-ring (bicyclic) bond motifs is 6. The number of rotatable bonds is 3. The molecule has 1 saturated heterocycles. The zero-order valence-corrected chi connectivity index (χ0v) is 25.1. The molecular formula is C38H37BO3. The number of aryl methyl sites for hydroxylation is 1. The maximum Gasteiger partial charge on any atom is 0.495 e. The molecule has 0 unspecified atom stereocenters. The first-order chi connectivity index (χ1) is 20.3. The van der Waals surface area contributed by atoms with Crippen molar-refractivity contribution in [3.05, 3.63) is 95.1 Å². The summed E-state index contributed by atoms with van der Waals surface area (Å²) >= 11 is 0. The van der Waals surface area contributed by atoms with Gasteiger partial charge < -0.3 is 13.7 Å². The fraction of sp³-hybridized carbons (Fsp3) is 0.316. The molecule has 3 nitrogen and oxygen atoms in total. The summed E-state index contributed by atoms with van der Waals surface area (Å²) < 4.78 is 19.2. The van der Waals surface area contributed by atoms with E-state index in [2.05, 4.69) is 94.4 Å². The van der Waals surface area contributed by atoms with Gasteiger partial charge in [-0.25, -0.2) is 0 Å². The van der Waals surface area contributed by atoms with Crippen molar-refractivity contribution >= 4 is 40.6 Å². The molecule has 210 valence electrons. The van der Waals surface area contributed by atoms with Gasteiger partial charge in [0, 0.05) is 10.8 Å². The lowest BCUT2D eigenvalue weighted by Crippen LogP contribution is -2.41. The van der Waals surface area contributed by atoms with Gasteiger partial charge in [0.15, 0.2) is 0 Å². The summed E-state index contributed by atoms with van der Waals surface area (Å²) in [6.07, 6.45) is 12.1. The third-order valence-corrected chi connectivity index (χ3v) is 10.2. The van der Waals surface area contributed by atoms with Crippen molar-refractivity contribution in [2.75, 3.05) is 0 Å². The molecule has 0 saturated carbocycles. The lowest BCUT2D eigenvalue weighted by Gasteiger charge is -2.32. The van der Waals surface area contributed by atoms with Crippen LogP contribution in [0.4, 0.5) is 0 Å². The van der Waals surface area contributed by atoms with Crippen LogP contribution in [0.3, 0.4) is 0 Å². The Kier molecular flexibility index (Phi) is 5.87. The highest BCUT2D eigenvalue weighted by Gasteiger charge is 2.52. The summed E-state index contributed by atoms with van der Waals surface area (Å²) in [7, 11) is -0.445. The van der Waals surface area contributed by atoms with E-state index in [0.717, 1.165) is 33.8 Å². The van der Waals surface area contributed by atoms with Crippen LogP contribution in [0.2, 0.25) is 0 Å². The Bertz CT molecular complexity index is 1870. The Hall–Kier alpha value is -3.60. The summed E-state index contributed by atoms with van der Waals surface area (Å²) in [6, 6.07) is 24.3. The minimum atomic E-state index is -0.445. The van der Waals surface area contributed by atoms with Gasteiger partial charge >= 0.3 is 7.12 Å². The topological polar surface area (TPSA) is 31.6 Å². The lowest BCUT2D eigenvalue weighted by molar-refractivity contribution is 0.00578. The van der Waals surface area contributed by atoms with Crippen LogP contribution in [-0.2, 0) is 28.6 Å². The molecule has 1 fully saturated rings. The molecule has 2 aliphatic carbocycles. The summed E-state index contributed by atoms with van der Waals surface area (Å²) in [4.78, 5) is 0. The summed E-state index contributed by atoms with van der Waals surface area (Å²) in [5, 5.41) is 2.16. The molecule has 4 aromatic carbocycles. The van der Waals surface area contributed by atoms with E-state index in [1.165, 1.54) is 59.9 Å². The third kappa shape index (κ3) is 4.03. The Morgan fingerprint density at radius 2 is 1.43 bits per heavy atom. The number of allylic oxidation sites excluding steroid dienone is 1. The average Bonchev–Trinajstić information content (AvgIpc) is 3.48. The first-order valence-corrected chi connectivity index (χ1v) is 15.5. The van der Waals surface area contributed by atoms with Crippen LogP contribution < -0.4 is 5.46 Å². The van der Waals surface area contributed by atoms with E-state index in [1.54, 1.807) is 16.7 Å². The first-order valence-electron chi connectivity index (χ1n) is 15.5. The van der Waals surface area contributed by atoms with Gasteiger partial charge in [-0.15, -0.1) is 0 Å². The van der Waals surface area contributed by atoms with Crippen LogP contribution in [0, 0.1) is 0 Å². The highest BCUT2D eigenvalue weighted by atomic mass is 16.7. The van der Waals surface area contributed by atoms with E-state index in [4.69, 9.17) is 13.7 Å². The number of benzene rings is 4. The van der Waals surface area contributed by atoms with Crippen molar-refractivity contribution < 1.29 is 13.7 Å². The Balaban J connectivity index is 1.19. The van der Waals surface area contributed by atoms with E-state index in [9.17, 15) is 0 Å². The molecule has 1 aromatic heterocycles. The van der Waals surface area contributed by atoms with Gasteiger partial charge in [-0.2, -0.15) is 0 Å². The first kappa shape index (κ1) is 26.1. The van der Waals surface area contributed by atoms with Gasteiger partial charge in [0.1, 0.15) is 11.2 Å². The minimum Gasteiger partial charge on any atom is -0.456 e. The zero-order chi connectivity index (χ0) is 28.6. The molecule has 0 spiro atoms. The Morgan fingerprint density at radius 1 is 0.690 bits per heavy atom. The van der Waals surface area contributed by atoms with Crippen molar-refractivity contribution in [2.45, 2.75) is 77.4 Å². The third-order valence-electron chi connectivity index (χ3n) is 10.2. The molecule has 4 heteroatoms. The SMILES string of the molecule is CC1(C)OB(c2cccc3oc4ccc(-c5ccc(-c6cc7c(c8c6C=CCC8)CCCC7)cc5)cc4c23)OC1(C)C. The number of hydrogen-bond donors (Lipinski definition) is 0. The van der Waals surface area contributed by atoms with Gasteiger partial charge in [0.05, 0.1) is 11.2 Å². The van der Waals surface area contributed by atoms with E-state index >= 15 is 0 Å². The van der Waals surface area contributed by atoms with Gasteiger partial charge in [-0.1, -0.05) is 60.7 Å². The Labute approximate surface area is 248 Å². The van der Waals surface area contributed by atoms with Gasteiger partial charge in [-0.05, 0) is 134 Å². The second-order valence-corrected chi connectivity index (χ2v) is 13.3. The molecule has 0 radical (unpaired) electrons. The van der Waals surface area contributed by atoms with Crippen LogP contribution in [0.1, 0.15) is 69.2 Å². The van der Waals surface area contributed by atoms with E-state index in [0.29, 0.717) is 0 Å². The monoisotopic (exact) mass is 552 g/mol. The maximum atomic E-state index is 6.45. The molecular weight excluding hydrogens is 515 g/mol. The lowest BCUT2D eigenvalue weighted by atomic mass is 9.76. The van der Waals surface area contributed by atoms with E-state index < -0.39 is 18.3 Å². The fourth-order valence-electron chi connectivity index (χ4n) is 7.20. The molecule has 0 N–H and O–H groups in total. The molecule has 2 heterocycles. The van der Waals surface area contributed by atoms with Crippen molar-refractivity contribution in [2.24, 2.45) is 0 Å². The summed E-state index contributed by atoms with van der Waals surface area (Å²) in [5.74, 6) is 0. The van der Waals surface area contributed by atoms with Crippen LogP contribution in [0.25, 0.3) is 50.3 Å². The van der Waals surface area contributed by atoms with Crippen LogP contribution in [0.15, 0.2) is 77.2 Å². The van der Waals surface area contributed by atoms with E-state index in [1.807, 2.05) is 12.1 Å². The molecule has 3 aliphatic rings. The average molecular weight is 553 g/mol. The largest absolute Gasteiger partial charge is 0.495 e. The molecule has 5 aromatic rings. The second kappa shape index (κ2) is 9.46. The second-order valence-electron chi connectivity index (χ2n) is 13.3. The smallest absolute Gasteiger partial charge is 0.456 e. The molecule has 1 aliphatic heterocycles. The fourth-order valence-corrected chi connectivity index (χ4v) is 7.20. The summed E-state index contributed by atoms with van der Waals surface area (Å²) in [5.41, 5.74) is 13.3. The van der Waals surface area contributed by atoms with Crippen molar-refractivity contribution in [3.63, 3.8) is 0 Å². The van der Waals surface area contributed by atoms with Crippen molar-refractivity contribution in [1.82, 2.24) is 0 Å². The molecule has 8 rings (SSSR count). The summed E-state index contributed by atoms with van der Waals surface area (Å²) in [6.45, 7) is 8.38. The highest BCUT2D eigenvalue weighted by molar-refractivity contribution is 6.66. The maximum absolute atomic E-state index is 6.45. The van der Waals surface area contributed by atoms with Gasteiger partial charge in [-0.3, -0.25) is 0 Å². The predicted octanol–water partition coefficient (Wildman–Crippen LogP) is 9.06. The molecule has 0 amide bonds. The van der Waals surface area contributed by atoms with Crippen LogP contribution >= 0.6 is 0 Å². The zero-order valence-electron chi connectivity index (χ0n) is 25.1. The molecule has 42 heavy (non-hydrogen) atoms. The highest BCUT2D eigenvalue weighted by Crippen LogP contribution is 2.40. The Morgan fingerprint density at radius 3 is 2.24 bits per heavy atom. The van der Waals surface area contributed by atoms with Crippen molar-refractivity contribution in [3.8, 4) is 22.3 Å². The van der Waals surface area contributed by atoms with Gasteiger partial charge in [0.25, 0.3) is 0 Å². The normalized spacial score (nSPS) is 18.9. The van der Waals surface area contributed by atoms with E-state index in [-0.39, 0.29) is 0 Å². The van der Waals surface area contributed by atoms with Crippen LogP contribution in [0.5, 0.6) is 0 Å². The van der Waals surface area contributed by atoms with Crippen LogP contribution in [-0.4, -0.2) is 18.3 Å². The molecule has 0 atom stereocenters. The minimum absolute atomic E-state index is 0.403. The van der Waals surface area contributed by atoms with Gasteiger partial charge in [0.2, 0.25) is 0 Å². The van der Waals surface area contributed by atoms with Crippen molar-refractivity contribution in [1.29, 1.82) is 0 Å². The number of hydrogen-bond acceptors (Lipinski definition) is 3. The molecule has 0 bridgehead atoms. The quantitative estimate of drug-likeness (QED) is 0.209. The predicted molar refractivity (Wildman–Crippen MR) is 174 cm³/mol. The standard InChI is InChI=1S/C38H37BO3/c1-37(2)38(3,4)42-39(41-37)33-14-9-15-35-36(33)32-22-26(20-21-34(32)40-35)24-16-18-25(19-17-24)31-23-27-10-5-6-11-28(27)29-12-7-8-13-30(29)31/h8-9,13-23H,5-7,10-12H2,1-4H3.